The Kier molecular flexibility index (Phi) is 2.69. The van der Waals surface area contributed by atoms with Crippen LogP contribution < -0.4 is 5.32 Å². The molecule has 3 rings (SSSR count). The maximum atomic E-state index is 4.21. The lowest BCUT2D eigenvalue weighted by Crippen LogP contribution is -2.18. The summed E-state index contributed by atoms with van der Waals surface area (Å²) in [4.78, 5) is 7.46. The van der Waals surface area contributed by atoms with Crippen LogP contribution >= 0.6 is 0 Å². The van der Waals surface area contributed by atoms with Gasteiger partial charge in [-0.15, -0.1) is 0 Å². The Morgan fingerprint density at radius 2 is 2.29 bits per heavy atom. The van der Waals surface area contributed by atoms with Gasteiger partial charge in [0.2, 0.25) is 0 Å². The Morgan fingerprint density at radius 1 is 1.41 bits per heavy atom. The second-order valence-corrected chi connectivity index (χ2v) is 4.66. The van der Waals surface area contributed by atoms with E-state index < -0.39 is 0 Å². The largest absolute Gasteiger partial charge is 0.345 e. The molecule has 0 aliphatic heterocycles. The summed E-state index contributed by atoms with van der Waals surface area (Å²) in [6.45, 7) is 2.84. The molecule has 3 nitrogen and oxygen atoms in total. The highest BCUT2D eigenvalue weighted by Crippen LogP contribution is 2.30. The van der Waals surface area contributed by atoms with Gasteiger partial charge in [0.25, 0.3) is 0 Å². The molecule has 1 unspecified atom stereocenters. The summed E-state index contributed by atoms with van der Waals surface area (Å²) in [5, 5.41) is 3.60. The number of benzene rings is 1. The fourth-order valence-corrected chi connectivity index (χ4v) is 2.56. The summed E-state index contributed by atoms with van der Waals surface area (Å²) in [6.07, 6.45) is 4.30. The van der Waals surface area contributed by atoms with E-state index in [0.29, 0.717) is 6.04 Å². The average molecular weight is 227 g/mol. The molecule has 3 heteroatoms. The molecule has 0 saturated heterocycles. The number of hydrogen-bond donors (Lipinski definition) is 2. The van der Waals surface area contributed by atoms with Crippen molar-refractivity contribution < 1.29 is 0 Å². The second kappa shape index (κ2) is 4.34. The van der Waals surface area contributed by atoms with Crippen LogP contribution in [0.4, 0.5) is 0 Å². The fourth-order valence-electron chi connectivity index (χ4n) is 2.56. The molecule has 0 spiro atoms. The topological polar surface area (TPSA) is 40.7 Å². The molecule has 0 saturated carbocycles. The van der Waals surface area contributed by atoms with Crippen molar-refractivity contribution in [2.45, 2.75) is 32.4 Å². The summed E-state index contributed by atoms with van der Waals surface area (Å²) in [5.74, 6) is 0.980. The van der Waals surface area contributed by atoms with Crippen LogP contribution in [0.5, 0.6) is 0 Å². The lowest BCUT2D eigenvalue weighted by molar-refractivity contribution is 0.526. The van der Waals surface area contributed by atoms with E-state index in [9.17, 15) is 0 Å². The quantitative estimate of drug-likeness (QED) is 0.845. The molecule has 88 valence electrons. The Labute approximate surface area is 101 Å². The smallest absolute Gasteiger partial charge is 0.103 e. The number of nitrogens with zero attached hydrogens (tertiary/aromatic N) is 1. The molecular formula is C14H17N3. The van der Waals surface area contributed by atoms with Crippen molar-refractivity contribution in [2.75, 3.05) is 0 Å². The average Bonchev–Trinajstić information content (AvgIpc) is 2.93. The number of rotatable bonds is 3. The van der Waals surface area contributed by atoms with Crippen molar-refractivity contribution in [1.29, 1.82) is 0 Å². The van der Waals surface area contributed by atoms with Crippen molar-refractivity contribution in [3.8, 4) is 0 Å². The number of fused-ring (bicyclic) bond motifs is 1. The molecule has 1 heterocycles. The monoisotopic (exact) mass is 227 g/mol. The molecule has 1 aromatic heterocycles. The minimum atomic E-state index is 0.495. The van der Waals surface area contributed by atoms with Crippen LogP contribution in [-0.4, -0.2) is 9.97 Å². The van der Waals surface area contributed by atoms with Crippen molar-refractivity contribution >= 4 is 0 Å². The van der Waals surface area contributed by atoms with Gasteiger partial charge in [0.15, 0.2) is 0 Å². The van der Waals surface area contributed by atoms with Crippen LogP contribution in [0, 0.1) is 6.92 Å². The van der Waals surface area contributed by atoms with Crippen LogP contribution in [0.1, 0.15) is 35.1 Å². The summed E-state index contributed by atoms with van der Waals surface area (Å²) in [5.41, 5.74) is 4.11. The summed E-state index contributed by atoms with van der Waals surface area (Å²) in [6, 6.07) is 9.21. The fraction of sp³-hybridized carbons (Fsp3) is 0.357. The lowest BCUT2D eigenvalue weighted by atomic mass is 10.1. The first-order chi connectivity index (χ1) is 8.33. The molecule has 1 atom stereocenters. The number of H-pyrrole nitrogens is 1. The van der Waals surface area contributed by atoms with E-state index in [1.165, 1.54) is 24.0 Å². The van der Waals surface area contributed by atoms with Gasteiger partial charge in [0.05, 0.1) is 0 Å². The van der Waals surface area contributed by atoms with E-state index in [4.69, 9.17) is 0 Å². The van der Waals surface area contributed by atoms with Gasteiger partial charge >= 0.3 is 0 Å². The summed E-state index contributed by atoms with van der Waals surface area (Å²) < 4.78 is 0. The molecule has 0 fully saturated rings. The lowest BCUT2D eigenvalue weighted by Gasteiger charge is -2.12. The molecule has 2 aromatic rings. The molecule has 1 aliphatic carbocycles. The van der Waals surface area contributed by atoms with Crippen molar-refractivity contribution in [2.24, 2.45) is 0 Å². The number of hydrogen-bond acceptors (Lipinski definition) is 2. The van der Waals surface area contributed by atoms with Gasteiger partial charge in [-0.2, -0.15) is 0 Å². The maximum absolute atomic E-state index is 4.21. The third kappa shape index (κ3) is 2.11. The number of nitrogens with one attached hydrogen (secondary N) is 2. The molecule has 2 N–H and O–H groups in total. The minimum absolute atomic E-state index is 0.495. The standard InChI is InChI=1S/C14H17N3/c1-10-15-8-12(17-10)9-16-14-7-6-11-4-2-3-5-13(11)14/h2-5,8,14,16H,6-7,9H2,1H3,(H,15,17). The van der Waals surface area contributed by atoms with Crippen molar-refractivity contribution in [1.82, 2.24) is 15.3 Å². The van der Waals surface area contributed by atoms with E-state index in [2.05, 4.69) is 39.6 Å². The Bertz CT molecular complexity index is 516. The van der Waals surface area contributed by atoms with Gasteiger partial charge in [-0.05, 0) is 30.9 Å². The van der Waals surface area contributed by atoms with Gasteiger partial charge in [0.1, 0.15) is 5.82 Å². The highest BCUT2D eigenvalue weighted by atomic mass is 15.0. The highest BCUT2D eigenvalue weighted by Gasteiger charge is 2.21. The number of aromatic amines is 1. The molecule has 1 aromatic carbocycles. The summed E-state index contributed by atoms with van der Waals surface area (Å²) in [7, 11) is 0. The second-order valence-electron chi connectivity index (χ2n) is 4.66. The zero-order valence-corrected chi connectivity index (χ0v) is 10.0. The van der Waals surface area contributed by atoms with E-state index in [1.54, 1.807) is 0 Å². The van der Waals surface area contributed by atoms with E-state index in [-0.39, 0.29) is 0 Å². The van der Waals surface area contributed by atoms with Crippen molar-refractivity contribution in [3.63, 3.8) is 0 Å². The number of imidazole rings is 1. The normalized spacial score (nSPS) is 18.3. The van der Waals surface area contributed by atoms with Gasteiger partial charge < -0.3 is 10.3 Å². The third-order valence-electron chi connectivity index (χ3n) is 3.43. The van der Waals surface area contributed by atoms with Gasteiger partial charge in [-0.3, -0.25) is 0 Å². The van der Waals surface area contributed by atoms with Crippen LogP contribution in [-0.2, 0) is 13.0 Å². The Balaban J connectivity index is 1.68. The first-order valence-electron chi connectivity index (χ1n) is 6.14. The Morgan fingerprint density at radius 3 is 3.12 bits per heavy atom. The van der Waals surface area contributed by atoms with Crippen LogP contribution in [0.3, 0.4) is 0 Å². The molecule has 0 bridgehead atoms. The Hall–Kier alpha value is -1.61. The van der Waals surface area contributed by atoms with Gasteiger partial charge in [-0.25, -0.2) is 4.98 Å². The SMILES string of the molecule is Cc1ncc(CNC2CCc3ccccc32)[nH]1. The van der Waals surface area contributed by atoms with E-state index >= 15 is 0 Å². The predicted molar refractivity (Wildman–Crippen MR) is 67.7 cm³/mol. The predicted octanol–water partition coefficient (Wildman–Crippen LogP) is 2.50. The molecular weight excluding hydrogens is 210 g/mol. The maximum Gasteiger partial charge on any atom is 0.103 e. The molecule has 0 amide bonds. The van der Waals surface area contributed by atoms with Crippen molar-refractivity contribution in [3.05, 3.63) is 53.1 Å². The van der Waals surface area contributed by atoms with Crippen LogP contribution in [0.25, 0.3) is 0 Å². The first kappa shape index (κ1) is 10.5. The minimum Gasteiger partial charge on any atom is -0.345 e. The molecule has 17 heavy (non-hydrogen) atoms. The van der Waals surface area contributed by atoms with Crippen LogP contribution in [0.2, 0.25) is 0 Å². The van der Waals surface area contributed by atoms with Gasteiger partial charge in [0, 0.05) is 24.5 Å². The van der Waals surface area contributed by atoms with E-state index in [1.807, 2.05) is 13.1 Å². The molecule has 0 radical (unpaired) electrons. The number of aryl methyl sites for hydroxylation is 2. The third-order valence-corrected chi connectivity index (χ3v) is 3.43. The van der Waals surface area contributed by atoms with E-state index in [0.717, 1.165) is 18.1 Å². The highest BCUT2D eigenvalue weighted by molar-refractivity contribution is 5.34. The van der Waals surface area contributed by atoms with Crippen LogP contribution in [0.15, 0.2) is 30.5 Å². The molecule has 1 aliphatic rings. The zero-order chi connectivity index (χ0) is 11.7. The summed E-state index contributed by atoms with van der Waals surface area (Å²) >= 11 is 0. The number of aromatic nitrogens is 2. The zero-order valence-electron chi connectivity index (χ0n) is 10.0. The van der Waals surface area contributed by atoms with Gasteiger partial charge in [-0.1, -0.05) is 24.3 Å². The first-order valence-corrected chi connectivity index (χ1v) is 6.14.